The van der Waals surface area contributed by atoms with E-state index in [9.17, 15) is 4.79 Å². The maximum absolute atomic E-state index is 12.6. The number of carbonyl (C=O) groups excluding carboxylic acids is 1. The number of benzene rings is 1. The zero-order valence-electron chi connectivity index (χ0n) is 16.6. The van der Waals surface area contributed by atoms with Crippen LogP contribution in [0.25, 0.3) is 0 Å². The van der Waals surface area contributed by atoms with Gasteiger partial charge in [-0.3, -0.25) is 9.69 Å². The summed E-state index contributed by atoms with van der Waals surface area (Å²) in [7, 11) is 2.14. The average molecular weight is 384 g/mol. The van der Waals surface area contributed by atoms with Crippen molar-refractivity contribution < 1.29 is 9.53 Å². The Morgan fingerprint density at radius 3 is 2.93 bits per heavy atom. The Labute approximate surface area is 165 Å². The molecule has 2 aliphatic heterocycles. The second kappa shape index (κ2) is 8.28. The van der Waals surface area contributed by atoms with Crippen LogP contribution in [0.15, 0.2) is 24.4 Å². The highest BCUT2D eigenvalue weighted by Crippen LogP contribution is 2.32. The molecule has 28 heavy (non-hydrogen) atoms. The minimum Gasteiger partial charge on any atom is -0.493 e. The van der Waals surface area contributed by atoms with Gasteiger partial charge in [-0.25, -0.2) is 4.68 Å². The quantitative estimate of drug-likeness (QED) is 0.828. The Bertz CT molecular complexity index is 828. The molecule has 2 aliphatic rings. The summed E-state index contributed by atoms with van der Waals surface area (Å²) in [5.41, 5.74) is 3.12. The summed E-state index contributed by atoms with van der Waals surface area (Å²) in [6.07, 6.45) is 2.65. The number of rotatable bonds is 5. The maximum atomic E-state index is 12.6. The predicted octanol–water partition coefficient (Wildman–Crippen LogP) is 0.974. The Morgan fingerprint density at radius 1 is 1.29 bits per heavy atom. The maximum Gasteiger partial charge on any atom is 0.242 e. The summed E-state index contributed by atoms with van der Waals surface area (Å²) in [6.45, 7) is 7.82. The number of ether oxygens (including phenoxy) is 1. The molecule has 8 heteroatoms. The van der Waals surface area contributed by atoms with Gasteiger partial charge in [-0.1, -0.05) is 22.9 Å². The highest BCUT2D eigenvalue weighted by molar-refractivity contribution is 5.76. The highest BCUT2D eigenvalue weighted by atomic mass is 16.5. The van der Waals surface area contributed by atoms with Crippen LogP contribution < -0.4 is 10.1 Å². The summed E-state index contributed by atoms with van der Waals surface area (Å²) in [5, 5.41) is 11.5. The molecule has 1 aromatic carbocycles. The molecule has 150 valence electrons. The number of likely N-dealkylation sites (N-methyl/N-ethyl adjacent to an activating group) is 1. The first-order valence-electron chi connectivity index (χ1n) is 9.89. The van der Waals surface area contributed by atoms with Crippen molar-refractivity contribution >= 4 is 5.91 Å². The number of carbonyl (C=O) groups is 1. The number of hydrogen-bond donors (Lipinski definition) is 1. The van der Waals surface area contributed by atoms with Gasteiger partial charge in [0.05, 0.1) is 24.5 Å². The minimum atomic E-state index is -0.0598. The van der Waals surface area contributed by atoms with Crippen LogP contribution in [0.1, 0.15) is 29.3 Å². The van der Waals surface area contributed by atoms with Crippen molar-refractivity contribution in [1.29, 1.82) is 0 Å². The van der Waals surface area contributed by atoms with Gasteiger partial charge in [0.1, 0.15) is 12.3 Å². The number of hydrogen-bond acceptors (Lipinski definition) is 6. The lowest BCUT2D eigenvalue weighted by molar-refractivity contribution is -0.122. The number of piperazine rings is 1. The monoisotopic (exact) mass is 384 g/mol. The first-order chi connectivity index (χ1) is 13.6. The van der Waals surface area contributed by atoms with Crippen LogP contribution in [-0.4, -0.2) is 70.5 Å². The molecule has 0 radical (unpaired) electrons. The lowest BCUT2D eigenvalue weighted by atomic mass is 9.98. The topological polar surface area (TPSA) is 75.5 Å². The van der Waals surface area contributed by atoms with Crippen molar-refractivity contribution in [2.45, 2.75) is 32.5 Å². The summed E-state index contributed by atoms with van der Waals surface area (Å²) in [6, 6.07) is 6.07. The van der Waals surface area contributed by atoms with Gasteiger partial charge in [0, 0.05) is 44.7 Å². The standard InChI is InChI=1S/C20H28N6O2/c1-15-3-4-19-17(11-15)18(5-10-28-19)21-20(27)14-26-13-16(22-23-26)12-25-8-6-24(2)7-9-25/h3-4,11,13,18H,5-10,12,14H2,1-2H3,(H,21,27). The molecule has 1 saturated heterocycles. The first kappa shape index (κ1) is 18.9. The van der Waals surface area contributed by atoms with Gasteiger partial charge >= 0.3 is 0 Å². The van der Waals surface area contributed by atoms with Crippen LogP contribution in [0.5, 0.6) is 5.75 Å². The average Bonchev–Trinajstić information content (AvgIpc) is 3.11. The Balaban J connectivity index is 1.33. The predicted molar refractivity (Wildman–Crippen MR) is 105 cm³/mol. The fraction of sp³-hybridized carbons (Fsp3) is 0.550. The Morgan fingerprint density at radius 2 is 2.11 bits per heavy atom. The molecule has 1 fully saturated rings. The third-order valence-electron chi connectivity index (χ3n) is 5.41. The van der Waals surface area contributed by atoms with Gasteiger partial charge in [-0.05, 0) is 20.0 Å². The van der Waals surface area contributed by atoms with E-state index in [1.54, 1.807) is 4.68 Å². The van der Waals surface area contributed by atoms with E-state index in [-0.39, 0.29) is 18.5 Å². The summed E-state index contributed by atoms with van der Waals surface area (Å²) >= 11 is 0. The normalized spacial score (nSPS) is 20.4. The van der Waals surface area contributed by atoms with Gasteiger partial charge in [0.15, 0.2) is 0 Å². The van der Waals surface area contributed by atoms with Gasteiger partial charge in [-0.2, -0.15) is 0 Å². The molecule has 0 spiro atoms. The molecule has 8 nitrogen and oxygen atoms in total. The van der Waals surface area contributed by atoms with E-state index < -0.39 is 0 Å². The smallest absolute Gasteiger partial charge is 0.242 e. The lowest BCUT2D eigenvalue weighted by Gasteiger charge is -2.31. The highest BCUT2D eigenvalue weighted by Gasteiger charge is 2.23. The molecule has 2 aromatic rings. The lowest BCUT2D eigenvalue weighted by Crippen LogP contribution is -2.43. The number of nitrogens with one attached hydrogen (secondary N) is 1. The van der Waals surface area contributed by atoms with Gasteiger partial charge in [0.2, 0.25) is 5.91 Å². The third-order valence-corrected chi connectivity index (χ3v) is 5.41. The minimum absolute atomic E-state index is 0.0236. The number of aryl methyl sites for hydroxylation is 1. The zero-order valence-corrected chi connectivity index (χ0v) is 16.6. The van der Waals surface area contributed by atoms with Crippen LogP contribution in [0.4, 0.5) is 0 Å². The van der Waals surface area contributed by atoms with E-state index in [1.807, 2.05) is 25.3 Å². The van der Waals surface area contributed by atoms with Crippen molar-refractivity contribution in [3.63, 3.8) is 0 Å². The number of fused-ring (bicyclic) bond motifs is 1. The van der Waals surface area contributed by atoms with E-state index in [0.29, 0.717) is 6.61 Å². The molecule has 0 aliphatic carbocycles. The molecule has 4 rings (SSSR count). The van der Waals surface area contributed by atoms with Gasteiger partial charge in [-0.15, -0.1) is 5.10 Å². The van der Waals surface area contributed by atoms with Crippen molar-refractivity contribution in [3.05, 3.63) is 41.2 Å². The van der Waals surface area contributed by atoms with Crippen LogP contribution in [-0.2, 0) is 17.9 Å². The van der Waals surface area contributed by atoms with Crippen LogP contribution >= 0.6 is 0 Å². The Kier molecular flexibility index (Phi) is 5.59. The van der Waals surface area contributed by atoms with E-state index in [4.69, 9.17) is 4.74 Å². The second-order valence-corrected chi connectivity index (χ2v) is 7.79. The number of amides is 1. The fourth-order valence-electron chi connectivity index (χ4n) is 3.77. The fourth-order valence-corrected chi connectivity index (χ4v) is 3.77. The summed E-state index contributed by atoms with van der Waals surface area (Å²) in [4.78, 5) is 17.3. The SMILES string of the molecule is Cc1ccc2c(c1)C(NC(=O)Cn1cc(CN3CCN(C)CC3)nn1)CCO2. The van der Waals surface area contributed by atoms with Crippen molar-refractivity contribution in [3.8, 4) is 5.75 Å². The molecular weight excluding hydrogens is 356 g/mol. The van der Waals surface area contributed by atoms with Crippen molar-refractivity contribution in [1.82, 2.24) is 30.1 Å². The van der Waals surface area contributed by atoms with Gasteiger partial charge < -0.3 is 15.0 Å². The molecule has 3 heterocycles. The first-order valence-corrected chi connectivity index (χ1v) is 9.89. The molecule has 1 amide bonds. The summed E-state index contributed by atoms with van der Waals surface area (Å²) < 4.78 is 7.33. The molecular formula is C20H28N6O2. The van der Waals surface area contributed by atoms with E-state index >= 15 is 0 Å². The van der Waals surface area contributed by atoms with Gasteiger partial charge in [0.25, 0.3) is 0 Å². The van der Waals surface area contributed by atoms with Crippen LogP contribution in [0.3, 0.4) is 0 Å². The molecule has 1 aromatic heterocycles. The molecule has 1 N–H and O–H groups in total. The van der Waals surface area contributed by atoms with Crippen LogP contribution in [0.2, 0.25) is 0 Å². The zero-order chi connectivity index (χ0) is 19.5. The molecule has 0 bridgehead atoms. The Hall–Kier alpha value is -2.45. The van der Waals surface area contributed by atoms with E-state index in [0.717, 1.165) is 61.7 Å². The summed E-state index contributed by atoms with van der Waals surface area (Å²) in [5.74, 6) is 0.799. The molecule has 0 saturated carbocycles. The van der Waals surface area contributed by atoms with E-state index in [1.165, 1.54) is 0 Å². The molecule has 1 unspecified atom stereocenters. The third kappa shape index (κ3) is 4.51. The van der Waals surface area contributed by atoms with Crippen molar-refractivity contribution in [2.24, 2.45) is 0 Å². The van der Waals surface area contributed by atoms with Crippen molar-refractivity contribution in [2.75, 3.05) is 39.8 Å². The largest absolute Gasteiger partial charge is 0.493 e. The second-order valence-electron chi connectivity index (χ2n) is 7.79. The number of nitrogens with zero attached hydrogens (tertiary/aromatic N) is 5. The van der Waals surface area contributed by atoms with Crippen LogP contribution in [0, 0.1) is 6.92 Å². The number of aromatic nitrogens is 3. The molecule has 1 atom stereocenters. The van der Waals surface area contributed by atoms with E-state index in [2.05, 4.69) is 38.5 Å².